The van der Waals surface area contributed by atoms with E-state index in [2.05, 4.69) is 5.32 Å². The van der Waals surface area contributed by atoms with Gasteiger partial charge in [0.1, 0.15) is 17.2 Å². The summed E-state index contributed by atoms with van der Waals surface area (Å²) in [7, 11) is 0. The molecule has 168 valence electrons. The molecule has 1 aliphatic carbocycles. The Morgan fingerprint density at radius 1 is 0.844 bits per heavy atom. The molecule has 0 radical (unpaired) electrons. The molecule has 8 nitrogen and oxygen atoms in total. The second-order valence-corrected chi connectivity index (χ2v) is 8.10. The molecule has 2 aromatic carbocycles. The molecule has 2 aromatic rings. The molecule has 2 fully saturated rings. The zero-order chi connectivity index (χ0) is 22.5. The summed E-state index contributed by atoms with van der Waals surface area (Å²) in [4.78, 5) is 39.7. The van der Waals surface area contributed by atoms with Crippen molar-refractivity contribution in [3.63, 3.8) is 0 Å². The van der Waals surface area contributed by atoms with Crippen LogP contribution in [0, 0.1) is 6.92 Å². The smallest absolute Gasteiger partial charge is 0.312 e. The monoisotopic (exact) mass is 437 g/mol. The van der Waals surface area contributed by atoms with Gasteiger partial charge >= 0.3 is 11.8 Å². The van der Waals surface area contributed by atoms with Crippen molar-refractivity contribution < 1.29 is 23.9 Å². The van der Waals surface area contributed by atoms with E-state index in [0.29, 0.717) is 37.7 Å². The number of carbonyl (C=O) groups is 3. The Labute approximate surface area is 187 Å². The number of hydrogen-bond donors (Lipinski definition) is 1. The Balaban J connectivity index is 1.19. The Morgan fingerprint density at radius 3 is 1.97 bits per heavy atom. The molecule has 1 N–H and O–H groups in total. The predicted molar refractivity (Wildman–Crippen MR) is 118 cm³/mol. The van der Waals surface area contributed by atoms with Gasteiger partial charge in [0.25, 0.3) is 5.91 Å². The van der Waals surface area contributed by atoms with Crippen LogP contribution in [0.1, 0.15) is 18.4 Å². The Bertz CT molecular complexity index is 962. The fourth-order valence-electron chi connectivity index (χ4n) is 3.36. The van der Waals surface area contributed by atoms with Crippen molar-refractivity contribution in [2.45, 2.75) is 25.8 Å². The summed E-state index contributed by atoms with van der Waals surface area (Å²) in [5.41, 5.74) is 1.16. The van der Waals surface area contributed by atoms with Crippen molar-refractivity contribution in [3.8, 4) is 17.2 Å². The highest BCUT2D eigenvalue weighted by Crippen LogP contribution is 2.24. The van der Waals surface area contributed by atoms with E-state index in [-0.39, 0.29) is 18.6 Å². The average molecular weight is 437 g/mol. The normalized spacial score (nSPS) is 15.8. The first-order valence-corrected chi connectivity index (χ1v) is 10.8. The molecule has 0 spiro atoms. The summed E-state index contributed by atoms with van der Waals surface area (Å²) in [6, 6.07) is 15.0. The largest absolute Gasteiger partial charge is 0.484 e. The predicted octanol–water partition coefficient (Wildman–Crippen LogP) is 2.12. The third-order valence-electron chi connectivity index (χ3n) is 5.47. The maximum atomic E-state index is 12.5. The third-order valence-corrected chi connectivity index (χ3v) is 5.47. The van der Waals surface area contributed by atoms with E-state index >= 15 is 0 Å². The van der Waals surface area contributed by atoms with Gasteiger partial charge < -0.3 is 24.6 Å². The number of rotatable bonds is 6. The van der Waals surface area contributed by atoms with Crippen molar-refractivity contribution in [3.05, 3.63) is 54.1 Å². The zero-order valence-electron chi connectivity index (χ0n) is 18.1. The van der Waals surface area contributed by atoms with Gasteiger partial charge in [-0.25, -0.2) is 0 Å². The lowest BCUT2D eigenvalue weighted by Gasteiger charge is -2.34. The number of piperazine rings is 1. The molecule has 3 amide bonds. The van der Waals surface area contributed by atoms with E-state index in [4.69, 9.17) is 9.47 Å². The Kier molecular flexibility index (Phi) is 6.58. The maximum Gasteiger partial charge on any atom is 0.312 e. The molecule has 0 atom stereocenters. The second-order valence-electron chi connectivity index (χ2n) is 8.10. The van der Waals surface area contributed by atoms with Gasteiger partial charge in [0.2, 0.25) is 0 Å². The number of hydrogen-bond acceptors (Lipinski definition) is 5. The van der Waals surface area contributed by atoms with E-state index in [1.54, 1.807) is 29.2 Å². The highest BCUT2D eigenvalue weighted by atomic mass is 16.5. The van der Waals surface area contributed by atoms with Crippen LogP contribution < -0.4 is 14.8 Å². The van der Waals surface area contributed by atoms with Gasteiger partial charge in [-0.2, -0.15) is 0 Å². The van der Waals surface area contributed by atoms with Gasteiger partial charge in [0, 0.05) is 32.2 Å². The van der Waals surface area contributed by atoms with Crippen LogP contribution in [0.3, 0.4) is 0 Å². The molecule has 1 saturated heterocycles. The van der Waals surface area contributed by atoms with Crippen molar-refractivity contribution in [2.24, 2.45) is 0 Å². The first-order chi connectivity index (χ1) is 15.5. The highest BCUT2D eigenvalue weighted by molar-refractivity contribution is 6.35. The Morgan fingerprint density at radius 2 is 1.38 bits per heavy atom. The molecule has 1 saturated carbocycles. The van der Waals surface area contributed by atoms with Crippen molar-refractivity contribution in [1.82, 2.24) is 15.1 Å². The summed E-state index contributed by atoms with van der Waals surface area (Å²) in [6.07, 6.45) is 1.87. The van der Waals surface area contributed by atoms with Crippen molar-refractivity contribution in [2.75, 3.05) is 32.8 Å². The third kappa shape index (κ3) is 5.78. The number of nitrogens with one attached hydrogen (secondary N) is 1. The molecule has 0 aromatic heterocycles. The average Bonchev–Trinajstić information content (AvgIpc) is 3.63. The fourth-order valence-corrected chi connectivity index (χ4v) is 3.36. The SMILES string of the molecule is Cc1ccc(Oc2ccc(OCC(=O)N3CCN(C(=O)C(=O)NC4CC4)CC3)cc2)cc1. The van der Waals surface area contributed by atoms with Crippen LogP contribution in [-0.2, 0) is 14.4 Å². The molecule has 8 heteroatoms. The van der Waals surface area contributed by atoms with Gasteiger partial charge in [-0.05, 0) is 56.2 Å². The zero-order valence-corrected chi connectivity index (χ0v) is 18.1. The van der Waals surface area contributed by atoms with Crippen molar-refractivity contribution >= 4 is 17.7 Å². The van der Waals surface area contributed by atoms with Crippen LogP contribution >= 0.6 is 0 Å². The molecular weight excluding hydrogens is 410 g/mol. The summed E-state index contributed by atoms with van der Waals surface area (Å²) in [6.45, 7) is 3.38. The van der Waals surface area contributed by atoms with Gasteiger partial charge in [-0.1, -0.05) is 17.7 Å². The first kappa shape index (κ1) is 21.7. The number of amides is 3. The van der Waals surface area contributed by atoms with Gasteiger partial charge in [-0.15, -0.1) is 0 Å². The van der Waals surface area contributed by atoms with Crippen LogP contribution in [0.2, 0.25) is 0 Å². The second kappa shape index (κ2) is 9.72. The van der Waals surface area contributed by atoms with Crippen LogP contribution in [0.25, 0.3) is 0 Å². The number of ether oxygens (including phenoxy) is 2. The van der Waals surface area contributed by atoms with Crippen LogP contribution in [0.4, 0.5) is 0 Å². The molecule has 32 heavy (non-hydrogen) atoms. The maximum absolute atomic E-state index is 12.5. The summed E-state index contributed by atoms with van der Waals surface area (Å²) in [5, 5.41) is 2.70. The summed E-state index contributed by atoms with van der Waals surface area (Å²) in [5.74, 6) is 0.777. The van der Waals surface area contributed by atoms with Crippen molar-refractivity contribution in [1.29, 1.82) is 0 Å². The fraction of sp³-hybridized carbons (Fsp3) is 0.375. The van der Waals surface area contributed by atoms with Gasteiger partial charge in [0.15, 0.2) is 6.61 Å². The standard InChI is InChI=1S/C24H27N3O5/c1-17-2-6-20(7-3-17)32-21-10-8-19(9-11-21)31-16-22(28)26-12-14-27(15-13-26)24(30)23(29)25-18-4-5-18/h2-3,6-11,18H,4-5,12-16H2,1H3,(H,25,29). The minimum absolute atomic E-state index is 0.0890. The van der Waals surface area contributed by atoms with E-state index in [1.165, 1.54) is 4.90 Å². The van der Waals surface area contributed by atoms with E-state index in [9.17, 15) is 14.4 Å². The minimum Gasteiger partial charge on any atom is -0.484 e. The minimum atomic E-state index is -0.551. The number of nitrogens with zero attached hydrogens (tertiary/aromatic N) is 2. The van der Waals surface area contributed by atoms with Crippen LogP contribution in [0.15, 0.2) is 48.5 Å². The topological polar surface area (TPSA) is 88.2 Å². The molecule has 2 aliphatic rings. The molecular formula is C24H27N3O5. The van der Waals surface area contributed by atoms with Gasteiger partial charge in [-0.3, -0.25) is 14.4 Å². The number of carbonyl (C=O) groups excluding carboxylic acids is 3. The molecule has 1 aliphatic heterocycles. The highest BCUT2D eigenvalue weighted by Gasteiger charge is 2.31. The van der Waals surface area contributed by atoms with E-state index in [0.717, 1.165) is 24.2 Å². The molecule has 0 bridgehead atoms. The number of benzene rings is 2. The summed E-state index contributed by atoms with van der Waals surface area (Å²) < 4.78 is 11.4. The lowest BCUT2D eigenvalue weighted by molar-refractivity contribution is -0.148. The number of aryl methyl sites for hydroxylation is 1. The first-order valence-electron chi connectivity index (χ1n) is 10.8. The Hall–Kier alpha value is -3.55. The van der Waals surface area contributed by atoms with E-state index in [1.807, 2.05) is 31.2 Å². The lowest BCUT2D eigenvalue weighted by atomic mass is 10.2. The lowest BCUT2D eigenvalue weighted by Crippen LogP contribution is -2.54. The molecule has 1 heterocycles. The van der Waals surface area contributed by atoms with Gasteiger partial charge in [0.05, 0.1) is 0 Å². The van der Waals surface area contributed by atoms with Crippen LogP contribution in [-0.4, -0.2) is 66.3 Å². The van der Waals surface area contributed by atoms with E-state index < -0.39 is 11.8 Å². The molecule has 0 unspecified atom stereocenters. The van der Waals surface area contributed by atoms with Crippen LogP contribution in [0.5, 0.6) is 17.2 Å². The quantitative estimate of drug-likeness (QED) is 0.700. The summed E-state index contributed by atoms with van der Waals surface area (Å²) >= 11 is 0. The molecule has 4 rings (SSSR count).